The average Bonchev–Trinajstić information content (AvgIpc) is 2.42. The maximum absolute atomic E-state index is 12.0. The molecule has 0 aromatic carbocycles. The summed E-state index contributed by atoms with van der Waals surface area (Å²) in [5.41, 5.74) is 0.350. The van der Waals surface area contributed by atoms with Gasteiger partial charge in [-0.05, 0) is 11.8 Å². The Morgan fingerprint density at radius 2 is 1.86 bits per heavy atom. The summed E-state index contributed by atoms with van der Waals surface area (Å²) in [4.78, 5) is 23.6. The predicted octanol–water partition coefficient (Wildman–Crippen LogP) is 1.78. The number of hydrogen-bond acceptors (Lipinski definition) is 3. The molecule has 0 fully saturated rings. The van der Waals surface area contributed by atoms with Crippen LogP contribution in [0, 0.1) is 5.41 Å². The van der Waals surface area contributed by atoms with Crippen LogP contribution < -0.4 is 16.6 Å². The van der Waals surface area contributed by atoms with E-state index >= 15 is 0 Å². The lowest BCUT2D eigenvalue weighted by molar-refractivity contribution is 0.301. The van der Waals surface area contributed by atoms with Gasteiger partial charge < -0.3 is 9.88 Å². The van der Waals surface area contributed by atoms with Crippen LogP contribution in [0.25, 0.3) is 0 Å². The van der Waals surface area contributed by atoms with E-state index in [1.165, 1.54) is 37.3 Å². The molecule has 1 rings (SSSR count). The summed E-state index contributed by atoms with van der Waals surface area (Å²) >= 11 is 0. The van der Waals surface area contributed by atoms with Gasteiger partial charge in [-0.3, -0.25) is 9.36 Å². The molecule has 0 bridgehead atoms. The minimum atomic E-state index is -0.288. The van der Waals surface area contributed by atoms with Crippen molar-refractivity contribution in [3.63, 3.8) is 0 Å². The molecule has 0 amide bonds. The molecule has 0 spiro atoms. The third-order valence-corrected chi connectivity index (χ3v) is 3.89. The van der Waals surface area contributed by atoms with Crippen molar-refractivity contribution in [2.75, 3.05) is 6.54 Å². The molecular formula is C16H29N3O2. The Morgan fingerprint density at radius 1 is 1.19 bits per heavy atom. The first-order valence-electron chi connectivity index (χ1n) is 7.75. The summed E-state index contributed by atoms with van der Waals surface area (Å²) < 4.78 is 2.61. The Balaban J connectivity index is 2.61. The van der Waals surface area contributed by atoms with Crippen molar-refractivity contribution < 1.29 is 0 Å². The van der Waals surface area contributed by atoms with Gasteiger partial charge in [0, 0.05) is 38.9 Å². The second-order valence-corrected chi connectivity index (χ2v) is 6.64. The van der Waals surface area contributed by atoms with Crippen LogP contribution in [0.1, 0.15) is 52.0 Å². The van der Waals surface area contributed by atoms with Crippen molar-refractivity contribution in [1.29, 1.82) is 0 Å². The average molecular weight is 295 g/mol. The van der Waals surface area contributed by atoms with Gasteiger partial charge in [-0.1, -0.05) is 40.0 Å². The quantitative estimate of drug-likeness (QED) is 0.744. The van der Waals surface area contributed by atoms with E-state index in [2.05, 4.69) is 26.1 Å². The van der Waals surface area contributed by atoms with Crippen molar-refractivity contribution in [3.8, 4) is 0 Å². The van der Waals surface area contributed by atoms with E-state index in [1.807, 2.05) is 0 Å². The molecule has 0 aliphatic heterocycles. The first-order chi connectivity index (χ1) is 9.78. The topological polar surface area (TPSA) is 56.0 Å². The van der Waals surface area contributed by atoms with Gasteiger partial charge in [0.25, 0.3) is 5.56 Å². The van der Waals surface area contributed by atoms with Gasteiger partial charge in [0.15, 0.2) is 0 Å². The third kappa shape index (κ3) is 5.16. The minimum Gasteiger partial charge on any atom is -0.312 e. The first kappa shape index (κ1) is 17.7. The molecule has 0 atom stereocenters. The van der Waals surface area contributed by atoms with E-state index in [0.717, 1.165) is 11.1 Å². The summed E-state index contributed by atoms with van der Waals surface area (Å²) in [7, 11) is 3.18. The van der Waals surface area contributed by atoms with Gasteiger partial charge in [0.2, 0.25) is 0 Å². The smallest absolute Gasteiger partial charge is 0.312 e. The number of nitrogens with one attached hydrogen (secondary N) is 1. The molecule has 0 saturated carbocycles. The van der Waals surface area contributed by atoms with Crippen LogP contribution in [-0.2, 0) is 20.6 Å². The molecule has 5 heteroatoms. The maximum Gasteiger partial charge on any atom is 0.330 e. The fourth-order valence-corrected chi connectivity index (χ4v) is 2.48. The van der Waals surface area contributed by atoms with E-state index in [1.54, 1.807) is 13.2 Å². The molecule has 0 radical (unpaired) electrons. The van der Waals surface area contributed by atoms with Crippen molar-refractivity contribution in [2.45, 2.75) is 53.0 Å². The monoisotopic (exact) mass is 295 g/mol. The Hall–Kier alpha value is -1.36. The highest BCUT2D eigenvalue weighted by Gasteiger charge is 2.17. The zero-order chi connectivity index (χ0) is 16.0. The summed E-state index contributed by atoms with van der Waals surface area (Å²) in [6.45, 7) is 8.06. The molecule has 0 unspecified atom stereocenters. The van der Waals surface area contributed by atoms with Gasteiger partial charge in [-0.25, -0.2) is 4.79 Å². The lowest BCUT2D eigenvalue weighted by Crippen LogP contribution is -2.40. The van der Waals surface area contributed by atoms with Crippen LogP contribution in [0.3, 0.4) is 0 Å². The molecule has 120 valence electrons. The number of aryl methyl sites for hydroxylation is 1. The second-order valence-electron chi connectivity index (χ2n) is 6.64. The number of aromatic nitrogens is 2. The highest BCUT2D eigenvalue weighted by Crippen LogP contribution is 2.22. The molecule has 1 aromatic heterocycles. The van der Waals surface area contributed by atoms with Crippen LogP contribution in [-0.4, -0.2) is 15.7 Å². The van der Waals surface area contributed by atoms with Crippen LogP contribution in [0.4, 0.5) is 0 Å². The molecule has 21 heavy (non-hydrogen) atoms. The molecule has 0 aliphatic carbocycles. The first-order valence-corrected chi connectivity index (χ1v) is 7.75. The molecule has 0 aliphatic rings. The summed E-state index contributed by atoms with van der Waals surface area (Å²) in [6.07, 6.45) is 6.55. The highest BCUT2D eigenvalue weighted by atomic mass is 16.2. The van der Waals surface area contributed by atoms with Crippen LogP contribution >= 0.6 is 0 Å². The molecular weight excluding hydrogens is 266 g/mol. The highest BCUT2D eigenvalue weighted by molar-refractivity contribution is 5.05. The number of nitrogens with zero attached hydrogens (tertiary/aromatic N) is 2. The van der Waals surface area contributed by atoms with Crippen molar-refractivity contribution in [3.05, 3.63) is 32.6 Å². The lowest BCUT2D eigenvalue weighted by atomic mass is 9.87. The standard InChI is InChI=1S/C16H29N3O2/c1-6-7-8-9-16(2,3)12-17-10-13-11-18(4)15(21)19(5)14(13)20/h11,17H,6-10,12H2,1-5H3. The Bertz CT molecular complexity index is 570. The van der Waals surface area contributed by atoms with Crippen LogP contribution in [0.2, 0.25) is 0 Å². The van der Waals surface area contributed by atoms with Gasteiger partial charge in [-0.2, -0.15) is 0 Å². The van der Waals surface area contributed by atoms with Crippen molar-refractivity contribution >= 4 is 0 Å². The van der Waals surface area contributed by atoms with Gasteiger partial charge in [-0.15, -0.1) is 0 Å². The number of unbranched alkanes of at least 4 members (excludes halogenated alkanes) is 2. The van der Waals surface area contributed by atoms with E-state index in [0.29, 0.717) is 12.1 Å². The fraction of sp³-hybridized carbons (Fsp3) is 0.750. The number of hydrogen-bond donors (Lipinski definition) is 1. The van der Waals surface area contributed by atoms with Gasteiger partial charge >= 0.3 is 5.69 Å². The maximum atomic E-state index is 12.0. The molecule has 0 saturated heterocycles. The van der Waals surface area contributed by atoms with Crippen LogP contribution in [0.15, 0.2) is 15.8 Å². The van der Waals surface area contributed by atoms with E-state index in [4.69, 9.17) is 0 Å². The van der Waals surface area contributed by atoms with E-state index in [9.17, 15) is 9.59 Å². The van der Waals surface area contributed by atoms with E-state index in [-0.39, 0.29) is 16.7 Å². The van der Waals surface area contributed by atoms with Gasteiger partial charge in [0.1, 0.15) is 0 Å². The zero-order valence-electron chi connectivity index (χ0n) is 14.0. The fourth-order valence-electron chi connectivity index (χ4n) is 2.48. The van der Waals surface area contributed by atoms with Crippen molar-refractivity contribution in [2.24, 2.45) is 19.5 Å². The Kier molecular flexibility index (Phi) is 6.40. The Labute approximate surface area is 127 Å². The Morgan fingerprint density at radius 3 is 2.48 bits per heavy atom. The predicted molar refractivity (Wildman–Crippen MR) is 86.6 cm³/mol. The number of rotatable bonds is 8. The summed E-state index contributed by atoms with van der Waals surface area (Å²) in [5, 5.41) is 3.35. The zero-order valence-corrected chi connectivity index (χ0v) is 14.0. The third-order valence-electron chi connectivity index (χ3n) is 3.89. The van der Waals surface area contributed by atoms with Crippen LogP contribution in [0.5, 0.6) is 0 Å². The van der Waals surface area contributed by atoms with Gasteiger partial charge in [0.05, 0.1) is 0 Å². The summed E-state index contributed by atoms with van der Waals surface area (Å²) in [5.74, 6) is 0. The molecule has 1 aromatic rings. The van der Waals surface area contributed by atoms with E-state index < -0.39 is 0 Å². The SMILES string of the molecule is CCCCCC(C)(C)CNCc1cn(C)c(=O)n(C)c1=O. The van der Waals surface area contributed by atoms with Crippen molar-refractivity contribution in [1.82, 2.24) is 14.5 Å². The molecule has 1 heterocycles. The minimum absolute atomic E-state index is 0.214. The lowest BCUT2D eigenvalue weighted by Gasteiger charge is -2.25. The normalized spacial score (nSPS) is 11.9. The largest absolute Gasteiger partial charge is 0.330 e. The summed E-state index contributed by atoms with van der Waals surface area (Å²) in [6, 6.07) is 0. The molecule has 5 nitrogen and oxygen atoms in total. The second kappa shape index (κ2) is 7.59. The molecule has 1 N–H and O–H groups in total.